The van der Waals surface area contributed by atoms with Crippen LogP contribution in [0.2, 0.25) is 0 Å². The second-order valence-corrected chi connectivity index (χ2v) is 4.41. The van der Waals surface area contributed by atoms with Gasteiger partial charge in [0.1, 0.15) is 5.82 Å². The van der Waals surface area contributed by atoms with Crippen LogP contribution in [0.3, 0.4) is 0 Å². The first-order valence-corrected chi connectivity index (χ1v) is 6.23. The standard InChI is InChI=1S/C15H13FN4/c16-13-9-5-4-8-12(13)15(17)14-10-18-19-20(14)11-6-2-1-3-7-11/h1-10,15H,17H2. The van der Waals surface area contributed by atoms with Gasteiger partial charge in [-0.2, -0.15) is 0 Å². The zero-order chi connectivity index (χ0) is 13.9. The summed E-state index contributed by atoms with van der Waals surface area (Å²) in [5.74, 6) is -0.333. The van der Waals surface area contributed by atoms with Crippen molar-refractivity contribution in [2.45, 2.75) is 6.04 Å². The minimum atomic E-state index is -0.619. The minimum absolute atomic E-state index is 0.333. The molecule has 20 heavy (non-hydrogen) atoms. The maximum Gasteiger partial charge on any atom is 0.128 e. The molecule has 0 radical (unpaired) electrons. The van der Waals surface area contributed by atoms with Crippen LogP contribution in [0.15, 0.2) is 60.8 Å². The van der Waals surface area contributed by atoms with Gasteiger partial charge in [-0.15, -0.1) is 5.10 Å². The Labute approximate surface area is 115 Å². The quantitative estimate of drug-likeness (QED) is 0.793. The highest BCUT2D eigenvalue weighted by Crippen LogP contribution is 2.23. The summed E-state index contributed by atoms with van der Waals surface area (Å²) in [5, 5.41) is 7.91. The first-order chi connectivity index (χ1) is 9.77. The van der Waals surface area contributed by atoms with E-state index in [0.29, 0.717) is 11.3 Å². The Balaban J connectivity index is 2.04. The van der Waals surface area contributed by atoms with Gasteiger partial charge >= 0.3 is 0 Å². The monoisotopic (exact) mass is 268 g/mol. The van der Waals surface area contributed by atoms with Crippen LogP contribution in [-0.2, 0) is 0 Å². The van der Waals surface area contributed by atoms with Gasteiger partial charge in [0.25, 0.3) is 0 Å². The van der Waals surface area contributed by atoms with Gasteiger partial charge in [-0.1, -0.05) is 41.6 Å². The maximum absolute atomic E-state index is 13.8. The predicted octanol–water partition coefficient (Wildman–Crippen LogP) is 2.45. The smallest absolute Gasteiger partial charge is 0.128 e. The highest BCUT2D eigenvalue weighted by atomic mass is 19.1. The van der Waals surface area contributed by atoms with Crippen LogP contribution in [0.5, 0.6) is 0 Å². The molecular formula is C15H13FN4. The van der Waals surface area contributed by atoms with Gasteiger partial charge in [0.05, 0.1) is 23.6 Å². The molecule has 0 aliphatic rings. The van der Waals surface area contributed by atoms with Crippen molar-refractivity contribution in [3.63, 3.8) is 0 Å². The second-order valence-electron chi connectivity index (χ2n) is 4.41. The Morgan fingerprint density at radius 1 is 1.00 bits per heavy atom. The Kier molecular flexibility index (Phi) is 3.26. The average molecular weight is 268 g/mol. The number of hydrogen-bond acceptors (Lipinski definition) is 3. The fourth-order valence-corrected chi connectivity index (χ4v) is 2.11. The fourth-order valence-electron chi connectivity index (χ4n) is 2.11. The summed E-state index contributed by atoms with van der Waals surface area (Å²) in [6, 6.07) is 15.3. The molecule has 100 valence electrons. The van der Waals surface area contributed by atoms with Gasteiger partial charge < -0.3 is 5.73 Å². The number of para-hydroxylation sites is 1. The van der Waals surface area contributed by atoms with Crippen molar-refractivity contribution in [2.75, 3.05) is 0 Å². The van der Waals surface area contributed by atoms with Gasteiger partial charge in [0, 0.05) is 5.56 Å². The molecule has 1 aromatic heterocycles. The molecule has 0 saturated heterocycles. The van der Waals surface area contributed by atoms with Crippen molar-refractivity contribution < 1.29 is 4.39 Å². The molecule has 0 bridgehead atoms. The van der Waals surface area contributed by atoms with Gasteiger partial charge in [0.2, 0.25) is 0 Å². The zero-order valence-corrected chi connectivity index (χ0v) is 10.6. The van der Waals surface area contributed by atoms with E-state index < -0.39 is 6.04 Å². The summed E-state index contributed by atoms with van der Waals surface area (Å²) in [5.41, 5.74) is 8.06. The largest absolute Gasteiger partial charge is 0.319 e. The lowest BCUT2D eigenvalue weighted by Crippen LogP contribution is -2.18. The molecule has 0 aliphatic heterocycles. The topological polar surface area (TPSA) is 56.7 Å². The second kappa shape index (κ2) is 5.22. The summed E-state index contributed by atoms with van der Waals surface area (Å²) in [7, 11) is 0. The molecule has 1 heterocycles. The number of nitrogens with zero attached hydrogens (tertiary/aromatic N) is 3. The number of aromatic nitrogens is 3. The van der Waals surface area contributed by atoms with E-state index in [1.54, 1.807) is 29.1 Å². The van der Waals surface area contributed by atoms with E-state index in [4.69, 9.17) is 5.73 Å². The van der Waals surface area contributed by atoms with Gasteiger partial charge in [-0.05, 0) is 18.2 Å². The lowest BCUT2D eigenvalue weighted by Gasteiger charge is -2.14. The van der Waals surface area contributed by atoms with E-state index in [9.17, 15) is 4.39 Å². The zero-order valence-electron chi connectivity index (χ0n) is 10.6. The third-order valence-electron chi connectivity index (χ3n) is 3.14. The molecule has 3 rings (SSSR count). The Hall–Kier alpha value is -2.53. The summed E-state index contributed by atoms with van der Waals surface area (Å²) >= 11 is 0. The van der Waals surface area contributed by atoms with E-state index in [0.717, 1.165) is 5.69 Å². The van der Waals surface area contributed by atoms with Crippen molar-refractivity contribution in [3.05, 3.63) is 77.9 Å². The molecule has 2 N–H and O–H groups in total. The summed E-state index contributed by atoms with van der Waals surface area (Å²) < 4.78 is 15.5. The van der Waals surface area contributed by atoms with Crippen molar-refractivity contribution in [1.29, 1.82) is 0 Å². The van der Waals surface area contributed by atoms with Crippen LogP contribution in [-0.4, -0.2) is 15.0 Å². The molecule has 0 fully saturated rings. The van der Waals surface area contributed by atoms with Gasteiger partial charge in [-0.25, -0.2) is 9.07 Å². The molecule has 4 nitrogen and oxygen atoms in total. The fraction of sp³-hybridized carbons (Fsp3) is 0.0667. The molecule has 0 saturated carbocycles. The van der Waals surface area contributed by atoms with Gasteiger partial charge in [-0.3, -0.25) is 0 Å². The normalized spacial score (nSPS) is 12.3. The molecule has 1 unspecified atom stereocenters. The minimum Gasteiger partial charge on any atom is -0.319 e. The first kappa shape index (κ1) is 12.5. The van der Waals surface area contributed by atoms with Crippen molar-refractivity contribution in [2.24, 2.45) is 5.73 Å². The highest BCUT2D eigenvalue weighted by Gasteiger charge is 2.18. The maximum atomic E-state index is 13.8. The predicted molar refractivity (Wildman–Crippen MR) is 73.8 cm³/mol. The number of rotatable bonds is 3. The number of hydrogen-bond donors (Lipinski definition) is 1. The third kappa shape index (κ3) is 2.19. The molecule has 3 aromatic rings. The summed E-state index contributed by atoms with van der Waals surface area (Å²) in [6.45, 7) is 0. The van der Waals surface area contributed by atoms with Crippen LogP contribution < -0.4 is 5.73 Å². The van der Waals surface area contributed by atoms with E-state index in [-0.39, 0.29) is 5.82 Å². The van der Waals surface area contributed by atoms with E-state index in [1.807, 2.05) is 30.3 Å². The van der Waals surface area contributed by atoms with Crippen molar-refractivity contribution >= 4 is 0 Å². The van der Waals surface area contributed by atoms with Crippen LogP contribution in [0.4, 0.5) is 4.39 Å². The van der Waals surface area contributed by atoms with E-state index in [1.165, 1.54) is 6.07 Å². The third-order valence-corrected chi connectivity index (χ3v) is 3.14. The van der Waals surface area contributed by atoms with E-state index in [2.05, 4.69) is 10.3 Å². The first-order valence-electron chi connectivity index (χ1n) is 6.23. The molecule has 2 aromatic carbocycles. The average Bonchev–Trinajstić information content (AvgIpc) is 2.97. The molecule has 0 amide bonds. The van der Waals surface area contributed by atoms with Crippen LogP contribution in [0, 0.1) is 5.82 Å². The Bertz CT molecular complexity index is 709. The lowest BCUT2D eigenvalue weighted by atomic mass is 10.0. The Morgan fingerprint density at radius 3 is 2.45 bits per heavy atom. The molecule has 0 aliphatic carbocycles. The summed E-state index contributed by atoms with van der Waals surface area (Å²) in [4.78, 5) is 0. The summed E-state index contributed by atoms with van der Waals surface area (Å²) in [6.07, 6.45) is 1.56. The molecule has 5 heteroatoms. The molecular weight excluding hydrogens is 255 g/mol. The number of halogens is 1. The van der Waals surface area contributed by atoms with Crippen LogP contribution in [0.1, 0.15) is 17.3 Å². The van der Waals surface area contributed by atoms with Crippen molar-refractivity contribution in [1.82, 2.24) is 15.0 Å². The SMILES string of the molecule is NC(c1ccccc1F)c1cnnn1-c1ccccc1. The molecule has 0 spiro atoms. The Morgan fingerprint density at radius 2 is 1.70 bits per heavy atom. The lowest BCUT2D eigenvalue weighted by molar-refractivity contribution is 0.592. The van der Waals surface area contributed by atoms with Gasteiger partial charge in [0.15, 0.2) is 0 Å². The van der Waals surface area contributed by atoms with E-state index >= 15 is 0 Å². The van der Waals surface area contributed by atoms with Crippen molar-refractivity contribution in [3.8, 4) is 5.69 Å². The van der Waals surface area contributed by atoms with Crippen LogP contribution in [0.25, 0.3) is 5.69 Å². The highest BCUT2D eigenvalue weighted by molar-refractivity contribution is 5.35. The number of benzene rings is 2. The van der Waals surface area contributed by atoms with Crippen LogP contribution >= 0.6 is 0 Å². The molecule has 1 atom stereocenters. The number of nitrogens with two attached hydrogens (primary N) is 1.